The zero-order chi connectivity index (χ0) is 10.1. The number of nitrogens with one attached hydrogen (secondary N) is 1. The van der Waals surface area contributed by atoms with E-state index in [-0.39, 0.29) is 5.97 Å². The molecule has 0 aliphatic heterocycles. The number of ether oxygens (including phenoxy) is 1. The second-order valence-corrected chi connectivity index (χ2v) is 3.85. The summed E-state index contributed by atoms with van der Waals surface area (Å²) in [5.74, 6) is 0.954. The van der Waals surface area contributed by atoms with Gasteiger partial charge >= 0.3 is 5.97 Å². The van der Waals surface area contributed by atoms with Crippen LogP contribution < -0.4 is 5.32 Å². The van der Waals surface area contributed by atoms with Crippen LogP contribution in [0.25, 0.3) is 0 Å². The van der Waals surface area contributed by atoms with Crippen LogP contribution in [0.1, 0.15) is 20.3 Å². The Kier molecular flexibility index (Phi) is 8.24. The second kappa shape index (κ2) is 8.38. The number of rotatable bonds is 7. The normalized spacial score (nSPS) is 12.5. The molecule has 0 fully saturated rings. The molecule has 3 nitrogen and oxygen atoms in total. The van der Waals surface area contributed by atoms with Gasteiger partial charge < -0.3 is 10.1 Å². The van der Waals surface area contributed by atoms with Gasteiger partial charge in [0.15, 0.2) is 0 Å². The van der Waals surface area contributed by atoms with Gasteiger partial charge in [0.25, 0.3) is 0 Å². The molecule has 13 heavy (non-hydrogen) atoms. The van der Waals surface area contributed by atoms with Gasteiger partial charge in [-0.05, 0) is 32.3 Å². The van der Waals surface area contributed by atoms with Crippen molar-refractivity contribution in [2.75, 3.05) is 25.2 Å². The van der Waals surface area contributed by atoms with Gasteiger partial charge in [0.05, 0.1) is 13.2 Å². The molecule has 0 bridgehead atoms. The average molecular weight is 205 g/mol. The Balaban J connectivity index is 3.34. The fraction of sp³-hybridized carbons (Fsp3) is 0.889. The Morgan fingerprint density at radius 2 is 2.31 bits per heavy atom. The molecule has 0 aromatic heterocycles. The van der Waals surface area contributed by atoms with Crippen molar-refractivity contribution in [1.82, 2.24) is 5.32 Å². The van der Waals surface area contributed by atoms with Crippen LogP contribution in [0.15, 0.2) is 0 Å². The van der Waals surface area contributed by atoms with E-state index in [1.54, 1.807) is 0 Å². The molecule has 0 amide bonds. The third kappa shape index (κ3) is 8.12. The van der Waals surface area contributed by atoms with Gasteiger partial charge in [0, 0.05) is 6.04 Å². The Morgan fingerprint density at radius 1 is 1.62 bits per heavy atom. The fourth-order valence-electron chi connectivity index (χ4n) is 0.866. The third-order valence-electron chi connectivity index (χ3n) is 1.66. The average Bonchev–Trinajstić information content (AvgIpc) is 2.12. The molecule has 4 heteroatoms. The van der Waals surface area contributed by atoms with E-state index in [9.17, 15) is 4.79 Å². The highest BCUT2D eigenvalue weighted by atomic mass is 32.2. The van der Waals surface area contributed by atoms with Crippen LogP contribution in [0.2, 0.25) is 0 Å². The Hall–Kier alpha value is -0.220. The highest BCUT2D eigenvalue weighted by Crippen LogP contribution is 1.99. The molecule has 0 aromatic rings. The Morgan fingerprint density at radius 3 is 2.85 bits per heavy atom. The largest absolute Gasteiger partial charge is 0.465 e. The second-order valence-electron chi connectivity index (χ2n) is 2.87. The Labute approximate surface area is 84.6 Å². The van der Waals surface area contributed by atoms with E-state index in [2.05, 4.69) is 18.5 Å². The lowest BCUT2D eigenvalue weighted by molar-refractivity contribution is -0.142. The summed E-state index contributed by atoms with van der Waals surface area (Å²) in [6, 6.07) is 0.386. The summed E-state index contributed by atoms with van der Waals surface area (Å²) in [5, 5.41) is 3.11. The fourth-order valence-corrected chi connectivity index (χ4v) is 1.46. The van der Waals surface area contributed by atoms with Crippen LogP contribution in [-0.2, 0) is 9.53 Å². The molecular weight excluding hydrogens is 186 g/mol. The number of thioether (sulfide) groups is 1. The topological polar surface area (TPSA) is 38.3 Å². The maximum atomic E-state index is 10.9. The van der Waals surface area contributed by atoms with Crippen LogP contribution in [-0.4, -0.2) is 37.2 Å². The van der Waals surface area contributed by atoms with Gasteiger partial charge in [-0.1, -0.05) is 0 Å². The van der Waals surface area contributed by atoms with E-state index in [4.69, 9.17) is 4.74 Å². The van der Waals surface area contributed by atoms with Crippen molar-refractivity contribution in [2.45, 2.75) is 26.3 Å². The summed E-state index contributed by atoms with van der Waals surface area (Å²) in [5.41, 5.74) is 0. The first-order valence-corrected chi connectivity index (χ1v) is 5.98. The van der Waals surface area contributed by atoms with Crippen molar-refractivity contribution in [1.29, 1.82) is 0 Å². The number of hydrogen-bond donors (Lipinski definition) is 1. The highest BCUT2D eigenvalue weighted by molar-refractivity contribution is 7.98. The van der Waals surface area contributed by atoms with Gasteiger partial charge in [0.2, 0.25) is 0 Å². The molecule has 0 rings (SSSR count). The van der Waals surface area contributed by atoms with E-state index >= 15 is 0 Å². The molecule has 78 valence electrons. The zero-order valence-electron chi connectivity index (χ0n) is 8.63. The number of carbonyl (C=O) groups excluding carboxylic acids is 1. The summed E-state index contributed by atoms with van der Waals surface area (Å²) in [7, 11) is 0. The highest BCUT2D eigenvalue weighted by Gasteiger charge is 2.04. The maximum absolute atomic E-state index is 10.9. The van der Waals surface area contributed by atoms with Crippen molar-refractivity contribution in [3.05, 3.63) is 0 Å². The van der Waals surface area contributed by atoms with Crippen molar-refractivity contribution < 1.29 is 9.53 Å². The first-order chi connectivity index (χ1) is 6.20. The van der Waals surface area contributed by atoms with Crippen LogP contribution in [0, 0.1) is 0 Å². The molecule has 1 atom stereocenters. The first-order valence-electron chi connectivity index (χ1n) is 4.58. The summed E-state index contributed by atoms with van der Waals surface area (Å²) in [6.45, 7) is 4.67. The number of carbonyl (C=O) groups is 1. The molecular formula is C9H19NO2S. The van der Waals surface area contributed by atoms with Crippen molar-refractivity contribution in [3.8, 4) is 0 Å². The van der Waals surface area contributed by atoms with Crippen molar-refractivity contribution in [3.63, 3.8) is 0 Å². The minimum atomic E-state index is -0.168. The summed E-state index contributed by atoms with van der Waals surface area (Å²) in [6.07, 6.45) is 3.17. The van der Waals surface area contributed by atoms with Gasteiger partial charge in [-0.15, -0.1) is 0 Å². The predicted octanol–water partition coefficient (Wildman–Crippen LogP) is 1.28. The molecule has 0 aliphatic carbocycles. The molecule has 0 aliphatic rings. The van der Waals surface area contributed by atoms with Gasteiger partial charge in [0.1, 0.15) is 0 Å². The molecule has 0 heterocycles. The monoisotopic (exact) mass is 205 g/mol. The van der Waals surface area contributed by atoms with Crippen LogP contribution in [0.3, 0.4) is 0 Å². The molecule has 0 aromatic carbocycles. The van der Waals surface area contributed by atoms with Gasteiger partial charge in [-0.2, -0.15) is 11.8 Å². The van der Waals surface area contributed by atoms with E-state index in [1.165, 1.54) is 0 Å². The third-order valence-corrected chi connectivity index (χ3v) is 2.30. The quantitative estimate of drug-likeness (QED) is 0.635. The minimum absolute atomic E-state index is 0.168. The zero-order valence-corrected chi connectivity index (χ0v) is 9.45. The Bertz CT molecular complexity index is 142. The lowest BCUT2D eigenvalue weighted by Crippen LogP contribution is -2.32. The van der Waals surface area contributed by atoms with Crippen LogP contribution in [0.4, 0.5) is 0 Å². The number of hydrogen-bond acceptors (Lipinski definition) is 4. The molecule has 0 spiro atoms. The van der Waals surface area contributed by atoms with E-state index in [0.29, 0.717) is 19.2 Å². The molecule has 0 radical (unpaired) electrons. The number of esters is 1. The molecule has 0 saturated carbocycles. The standard InChI is InChI=1S/C9H19NO2S/c1-4-12-9(11)7-10-8(2)5-6-13-3/h8,10H,4-7H2,1-3H3. The van der Waals surface area contributed by atoms with Gasteiger partial charge in [-0.25, -0.2) is 0 Å². The smallest absolute Gasteiger partial charge is 0.319 e. The first kappa shape index (κ1) is 12.8. The lowest BCUT2D eigenvalue weighted by Gasteiger charge is -2.11. The van der Waals surface area contributed by atoms with Crippen LogP contribution in [0.5, 0.6) is 0 Å². The molecule has 1 unspecified atom stereocenters. The van der Waals surface area contributed by atoms with E-state index < -0.39 is 0 Å². The van der Waals surface area contributed by atoms with Crippen molar-refractivity contribution >= 4 is 17.7 Å². The summed E-state index contributed by atoms with van der Waals surface area (Å²) >= 11 is 1.82. The summed E-state index contributed by atoms with van der Waals surface area (Å²) in [4.78, 5) is 10.9. The maximum Gasteiger partial charge on any atom is 0.319 e. The summed E-state index contributed by atoms with van der Waals surface area (Å²) < 4.78 is 4.79. The lowest BCUT2D eigenvalue weighted by atomic mass is 10.2. The molecule has 0 saturated heterocycles. The van der Waals surface area contributed by atoms with Crippen LogP contribution >= 0.6 is 11.8 Å². The molecule has 1 N–H and O–H groups in total. The predicted molar refractivity (Wildman–Crippen MR) is 57.1 cm³/mol. The van der Waals surface area contributed by atoms with Crippen molar-refractivity contribution in [2.24, 2.45) is 0 Å². The van der Waals surface area contributed by atoms with E-state index in [1.807, 2.05) is 18.7 Å². The van der Waals surface area contributed by atoms with Gasteiger partial charge in [-0.3, -0.25) is 4.79 Å². The minimum Gasteiger partial charge on any atom is -0.465 e. The SMILES string of the molecule is CCOC(=O)CNC(C)CCSC. The van der Waals surface area contributed by atoms with E-state index in [0.717, 1.165) is 12.2 Å².